The summed E-state index contributed by atoms with van der Waals surface area (Å²) >= 11 is 0. The second-order valence-electron chi connectivity index (χ2n) is 6.85. The molecule has 0 saturated heterocycles. The number of esters is 1. The van der Waals surface area contributed by atoms with Crippen LogP contribution in [-0.2, 0) is 17.8 Å². The maximum absolute atomic E-state index is 14.1. The van der Waals surface area contributed by atoms with E-state index in [1.165, 1.54) is 0 Å². The fourth-order valence-corrected chi connectivity index (χ4v) is 3.14. The molecule has 0 atom stereocenters. The van der Waals surface area contributed by atoms with Gasteiger partial charge in [0.05, 0.1) is 5.56 Å². The second-order valence-corrected chi connectivity index (χ2v) is 6.85. The molecule has 3 rings (SSSR count). The van der Waals surface area contributed by atoms with Crippen LogP contribution in [0.4, 0.5) is 13.2 Å². The summed E-state index contributed by atoms with van der Waals surface area (Å²) in [6, 6.07) is 7.55. The summed E-state index contributed by atoms with van der Waals surface area (Å²) in [4.78, 5) is 11.8. The first kappa shape index (κ1) is 20.2. The van der Waals surface area contributed by atoms with Crippen molar-refractivity contribution >= 4 is 5.97 Å². The van der Waals surface area contributed by atoms with Gasteiger partial charge in [0.2, 0.25) is 0 Å². The summed E-state index contributed by atoms with van der Waals surface area (Å²) in [5.41, 5.74) is 1.51. The van der Waals surface area contributed by atoms with Crippen LogP contribution in [0.3, 0.4) is 0 Å². The van der Waals surface area contributed by atoms with Crippen molar-refractivity contribution in [3.05, 3.63) is 58.4 Å². The van der Waals surface area contributed by atoms with E-state index in [-0.39, 0.29) is 35.9 Å². The van der Waals surface area contributed by atoms with Gasteiger partial charge >= 0.3 is 5.97 Å². The van der Waals surface area contributed by atoms with Crippen LogP contribution < -0.4 is 9.47 Å². The van der Waals surface area contributed by atoms with Crippen LogP contribution in [0.15, 0.2) is 30.3 Å². The summed E-state index contributed by atoms with van der Waals surface area (Å²) in [6.45, 7) is 3.31. The lowest BCUT2D eigenvalue weighted by Crippen LogP contribution is -2.10. The summed E-state index contributed by atoms with van der Waals surface area (Å²) < 4.78 is 52.1. The van der Waals surface area contributed by atoms with E-state index < -0.39 is 12.2 Å². The molecule has 150 valence electrons. The van der Waals surface area contributed by atoms with Gasteiger partial charge in [-0.3, -0.25) is 4.79 Å². The molecule has 0 N–H and O–H groups in total. The van der Waals surface area contributed by atoms with E-state index in [2.05, 4.69) is 0 Å². The maximum atomic E-state index is 14.1. The zero-order chi connectivity index (χ0) is 20.3. The lowest BCUT2D eigenvalue weighted by Gasteiger charge is -2.17. The predicted octanol–water partition coefficient (Wildman–Crippen LogP) is 6.10. The van der Waals surface area contributed by atoms with Crippen molar-refractivity contribution in [2.75, 3.05) is 0 Å². The van der Waals surface area contributed by atoms with Gasteiger partial charge in [-0.15, -0.1) is 0 Å². The van der Waals surface area contributed by atoms with Gasteiger partial charge in [0.25, 0.3) is 6.43 Å². The Morgan fingerprint density at radius 3 is 2.54 bits per heavy atom. The molecule has 0 heterocycles. The van der Waals surface area contributed by atoms with E-state index in [4.69, 9.17) is 9.47 Å². The van der Waals surface area contributed by atoms with E-state index >= 15 is 0 Å². The van der Waals surface area contributed by atoms with Crippen LogP contribution in [0.5, 0.6) is 11.5 Å². The molecular formula is C22H23F3O3. The number of benzene rings is 2. The van der Waals surface area contributed by atoms with E-state index in [9.17, 15) is 18.0 Å². The molecule has 1 saturated carbocycles. The minimum Gasteiger partial charge on any atom is -0.488 e. The topological polar surface area (TPSA) is 35.5 Å². The molecule has 0 radical (unpaired) electrons. The van der Waals surface area contributed by atoms with Crippen LogP contribution in [-0.4, -0.2) is 5.97 Å². The molecule has 0 bridgehead atoms. The minimum atomic E-state index is -2.78. The lowest BCUT2D eigenvalue weighted by atomic mass is 10.0. The molecule has 3 nitrogen and oxygen atoms in total. The Balaban J connectivity index is 1.92. The number of hydrogen-bond donors (Lipinski definition) is 0. The van der Waals surface area contributed by atoms with Crippen molar-refractivity contribution in [1.82, 2.24) is 0 Å². The van der Waals surface area contributed by atoms with Crippen molar-refractivity contribution in [2.24, 2.45) is 0 Å². The van der Waals surface area contributed by atoms with Gasteiger partial charge in [0, 0.05) is 18.1 Å². The summed E-state index contributed by atoms with van der Waals surface area (Å²) in [6.07, 6.45) is -0.224. The molecular weight excluding hydrogens is 369 g/mol. The van der Waals surface area contributed by atoms with Crippen LogP contribution in [0.1, 0.15) is 67.7 Å². The van der Waals surface area contributed by atoms with Crippen LogP contribution in [0.2, 0.25) is 0 Å². The zero-order valence-electron chi connectivity index (χ0n) is 15.9. The molecule has 28 heavy (non-hydrogen) atoms. The highest BCUT2D eigenvalue weighted by atomic mass is 19.3. The Kier molecular flexibility index (Phi) is 6.27. The van der Waals surface area contributed by atoms with Crippen molar-refractivity contribution < 1.29 is 27.4 Å². The molecule has 1 aliphatic carbocycles. The number of carbonyl (C=O) groups excluding carboxylic acids is 1. The molecule has 0 amide bonds. The van der Waals surface area contributed by atoms with Gasteiger partial charge < -0.3 is 9.47 Å². The third-order valence-electron chi connectivity index (χ3n) is 4.87. The Hall–Kier alpha value is -2.50. The van der Waals surface area contributed by atoms with Crippen molar-refractivity contribution in [1.29, 1.82) is 0 Å². The zero-order valence-corrected chi connectivity index (χ0v) is 15.9. The molecule has 0 unspecified atom stereocenters. The van der Waals surface area contributed by atoms with Crippen molar-refractivity contribution in [3.63, 3.8) is 0 Å². The highest BCUT2D eigenvalue weighted by Crippen LogP contribution is 2.44. The van der Waals surface area contributed by atoms with Crippen LogP contribution in [0.25, 0.3) is 0 Å². The monoisotopic (exact) mass is 392 g/mol. The fraction of sp³-hybridized carbons (Fsp3) is 0.409. The van der Waals surface area contributed by atoms with Crippen LogP contribution >= 0.6 is 0 Å². The van der Waals surface area contributed by atoms with Crippen molar-refractivity contribution in [3.8, 4) is 11.5 Å². The molecule has 1 aliphatic rings. The van der Waals surface area contributed by atoms with Gasteiger partial charge in [-0.25, -0.2) is 13.2 Å². The van der Waals surface area contributed by atoms with Gasteiger partial charge in [-0.05, 0) is 48.4 Å². The minimum absolute atomic E-state index is 0.0797. The number of halogens is 3. The van der Waals surface area contributed by atoms with Gasteiger partial charge in [0.1, 0.15) is 23.9 Å². The molecule has 0 spiro atoms. The number of ether oxygens (including phenoxy) is 2. The molecule has 0 aromatic heterocycles. The number of carbonyl (C=O) groups is 1. The van der Waals surface area contributed by atoms with E-state index in [0.29, 0.717) is 23.7 Å². The van der Waals surface area contributed by atoms with Crippen molar-refractivity contribution in [2.45, 2.75) is 58.5 Å². The first-order valence-corrected chi connectivity index (χ1v) is 9.50. The Morgan fingerprint density at radius 2 is 1.93 bits per heavy atom. The molecule has 6 heteroatoms. The molecule has 2 aromatic rings. The SMILES string of the molecule is CCC(=O)Oc1cccc(C2CC2)c1COc1cc(F)c(CC)cc1C(F)F. The third kappa shape index (κ3) is 4.49. The molecule has 0 aliphatic heterocycles. The van der Waals surface area contributed by atoms with Gasteiger partial charge in [-0.1, -0.05) is 26.0 Å². The predicted molar refractivity (Wildman–Crippen MR) is 99.4 cm³/mol. The lowest BCUT2D eigenvalue weighted by molar-refractivity contribution is -0.134. The largest absolute Gasteiger partial charge is 0.488 e. The van der Waals surface area contributed by atoms with E-state index in [1.54, 1.807) is 26.0 Å². The Labute approximate surface area is 162 Å². The highest BCUT2D eigenvalue weighted by molar-refractivity contribution is 5.72. The number of alkyl halides is 2. The number of hydrogen-bond acceptors (Lipinski definition) is 3. The number of aryl methyl sites for hydroxylation is 1. The molecule has 2 aromatic carbocycles. The van der Waals surface area contributed by atoms with Gasteiger partial charge in [0.15, 0.2) is 0 Å². The highest BCUT2D eigenvalue weighted by Gasteiger charge is 2.28. The van der Waals surface area contributed by atoms with E-state index in [0.717, 1.165) is 30.5 Å². The standard InChI is InChI=1S/C22H23F3O3/c1-3-13-10-16(22(24)25)20(11-18(13)23)27-12-17-15(14-8-9-14)6-5-7-19(17)28-21(26)4-2/h5-7,10-11,14,22H,3-4,8-9,12H2,1-2H3. The fourth-order valence-electron chi connectivity index (χ4n) is 3.14. The smallest absolute Gasteiger partial charge is 0.310 e. The average molecular weight is 392 g/mol. The van der Waals surface area contributed by atoms with E-state index in [1.807, 2.05) is 6.07 Å². The van der Waals surface area contributed by atoms with Gasteiger partial charge in [-0.2, -0.15) is 0 Å². The summed E-state index contributed by atoms with van der Waals surface area (Å²) in [7, 11) is 0. The number of rotatable bonds is 8. The first-order valence-electron chi connectivity index (χ1n) is 9.50. The quantitative estimate of drug-likeness (QED) is 0.402. The first-order chi connectivity index (χ1) is 13.4. The third-order valence-corrected chi connectivity index (χ3v) is 4.87. The summed E-state index contributed by atoms with van der Waals surface area (Å²) in [5.74, 6) is -0.452. The van der Waals surface area contributed by atoms with Crippen LogP contribution in [0, 0.1) is 5.82 Å². The normalized spacial score (nSPS) is 13.6. The molecule has 1 fully saturated rings. The maximum Gasteiger partial charge on any atom is 0.310 e. The summed E-state index contributed by atoms with van der Waals surface area (Å²) in [5, 5.41) is 0. The Morgan fingerprint density at radius 1 is 1.18 bits per heavy atom. The average Bonchev–Trinajstić information content (AvgIpc) is 3.51. The second kappa shape index (κ2) is 8.67. The Bertz CT molecular complexity index is 860.